The molecule has 6 bridgehead atoms. The summed E-state index contributed by atoms with van der Waals surface area (Å²) >= 11 is 0. The van der Waals surface area contributed by atoms with Crippen LogP contribution < -0.4 is 5.32 Å². The third kappa shape index (κ3) is 9.48. The van der Waals surface area contributed by atoms with Gasteiger partial charge in [0.15, 0.2) is 5.78 Å². The Morgan fingerprint density at radius 2 is 1.61 bits per heavy atom. The molecule has 0 spiro atoms. The molecule has 0 amide bonds. The van der Waals surface area contributed by atoms with Gasteiger partial charge in [-0.05, 0) is 127 Å². The number of aliphatic imine (C=N–C) groups is 1. The van der Waals surface area contributed by atoms with E-state index in [0.29, 0.717) is 12.3 Å². The normalized spacial score (nSPS) is 17.1. The Balaban J connectivity index is 0.00000177. The molecule has 46 heavy (non-hydrogen) atoms. The smallest absolute Gasteiger partial charge is 0.156 e. The molecule has 1 aliphatic rings. The molecule has 3 nitrogen and oxygen atoms in total. The second-order valence-corrected chi connectivity index (χ2v) is 12.2. The van der Waals surface area contributed by atoms with Crippen molar-refractivity contribution in [3.63, 3.8) is 0 Å². The van der Waals surface area contributed by atoms with Gasteiger partial charge in [0.05, 0.1) is 5.54 Å². The summed E-state index contributed by atoms with van der Waals surface area (Å²) in [7, 11) is 2.04. The highest BCUT2D eigenvalue weighted by molar-refractivity contribution is 6.01. The monoisotopic (exact) mass is 620 g/mol. The Labute approximate surface area is 281 Å². The molecule has 0 saturated carbocycles. The first-order valence-corrected chi connectivity index (χ1v) is 17.6. The Morgan fingerprint density at radius 3 is 2.26 bits per heavy atom. The van der Waals surface area contributed by atoms with Gasteiger partial charge in [0.1, 0.15) is 0 Å². The maximum atomic E-state index is 13.2. The van der Waals surface area contributed by atoms with E-state index in [9.17, 15) is 4.79 Å². The lowest BCUT2D eigenvalue weighted by molar-refractivity contribution is -0.114. The van der Waals surface area contributed by atoms with Crippen LogP contribution in [0.25, 0.3) is 5.57 Å². The van der Waals surface area contributed by atoms with Gasteiger partial charge in [-0.2, -0.15) is 0 Å². The van der Waals surface area contributed by atoms with Crippen molar-refractivity contribution >= 4 is 17.6 Å². The average Bonchev–Trinajstić information content (AvgIpc) is 3.06. The second kappa shape index (κ2) is 19.2. The molecule has 0 heterocycles. The van der Waals surface area contributed by atoms with E-state index in [0.717, 1.165) is 65.5 Å². The van der Waals surface area contributed by atoms with Gasteiger partial charge in [0.2, 0.25) is 0 Å². The number of fused-ring (bicyclic) bond motifs is 6. The van der Waals surface area contributed by atoms with Gasteiger partial charge in [-0.15, -0.1) is 0 Å². The SMILES string of the molecule is CC.CC.CCCCC(=O)/C=C1/c2cccc(c2)CCCc2cc(ccc2C)C(NC)(/C(C)=C/N=CC(C)C)c2ccc(C)c1c2. The number of nitrogens with zero attached hydrogens (tertiary/aromatic N) is 1. The zero-order chi connectivity index (χ0) is 34.3. The van der Waals surface area contributed by atoms with Gasteiger partial charge >= 0.3 is 0 Å². The van der Waals surface area contributed by atoms with Crippen molar-refractivity contribution in [2.75, 3.05) is 7.05 Å². The molecule has 0 aromatic heterocycles. The van der Waals surface area contributed by atoms with Gasteiger partial charge in [-0.25, -0.2) is 0 Å². The number of hydrogen-bond acceptors (Lipinski definition) is 3. The molecule has 1 atom stereocenters. The van der Waals surface area contributed by atoms with E-state index in [2.05, 4.69) is 108 Å². The minimum absolute atomic E-state index is 0.185. The van der Waals surface area contributed by atoms with Crippen LogP contribution in [0.5, 0.6) is 0 Å². The molecule has 1 N–H and O–H groups in total. The molecule has 1 unspecified atom stereocenters. The minimum Gasteiger partial charge on any atom is -0.303 e. The van der Waals surface area contributed by atoms with Crippen molar-refractivity contribution in [1.29, 1.82) is 0 Å². The van der Waals surface area contributed by atoms with Gasteiger partial charge in [0.25, 0.3) is 0 Å². The third-order valence-electron chi connectivity index (χ3n) is 8.59. The lowest BCUT2D eigenvalue weighted by Crippen LogP contribution is -2.42. The van der Waals surface area contributed by atoms with E-state index in [-0.39, 0.29) is 5.78 Å². The highest BCUT2D eigenvalue weighted by Gasteiger charge is 2.36. The fourth-order valence-electron chi connectivity index (χ4n) is 6.13. The van der Waals surface area contributed by atoms with Crippen molar-refractivity contribution in [3.05, 3.63) is 123 Å². The van der Waals surface area contributed by atoms with Crippen LogP contribution in [0.3, 0.4) is 0 Å². The highest BCUT2D eigenvalue weighted by atomic mass is 16.1. The second-order valence-electron chi connectivity index (χ2n) is 12.2. The topological polar surface area (TPSA) is 41.5 Å². The van der Waals surface area contributed by atoms with Crippen LogP contribution in [0.1, 0.15) is 126 Å². The maximum Gasteiger partial charge on any atom is 0.156 e. The molecule has 1 aliphatic carbocycles. The summed E-state index contributed by atoms with van der Waals surface area (Å²) in [5.74, 6) is 0.555. The zero-order valence-electron chi connectivity index (χ0n) is 30.7. The first-order valence-electron chi connectivity index (χ1n) is 17.6. The number of unbranched alkanes of at least 4 members (excludes halogenated alkanes) is 1. The van der Waals surface area contributed by atoms with Crippen molar-refractivity contribution in [2.45, 2.75) is 113 Å². The molecular weight excluding hydrogens is 560 g/mol. The maximum absolute atomic E-state index is 13.2. The molecule has 0 aliphatic heterocycles. The van der Waals surface area contributed by atoms with Gasteiger partial charge in [-0.1, -0.05) is 109 Å². The predicted octanol–water partition coefficient (Wildman–Crippen LogP) is 11.1. The van der Waals surface area contributed by atoms with E-state index in [1.807, 2.05) is 53.2 Å². The average molecular weight is 621 g/mol. The number of likely N-dealkylation sites (N-methyl/N-ethyl adjacent to an activating group) is 1. The largest absolute Gasteiger partial charge is 0.303 e. The summed E-state index contributed by atoms with van der Waals surface area (Å²) in [5.41, 5.74) is 11.2. The van der Waals surface area contributed by atoms with Crippen LogP contribution in [0.4, 0.5) is 0 Å². The summed E-state index contributed by atoms with van der Waals surface area (Å²) in [5, 5.41) is 3.75. The lowest BCUT2D eigenvalue weighted by atomic mass is 9.75. The van der Waals surface area contributed by atoms with Gasteiger partial charge < -0.3 is 5.32 Å². The summed E-state index contributed by atoms with van der Waals surface area (Å²) in [4.78, 5) is 18.0. The zero-order valence-corrected chi connectivity index (χ0v) is 30.7. The molecule has 0 saturated heterocycles. The van der Waals surface area contributed by atoms with Gasteiger partial charge in [-0.3, -0.25) is 9.79 Å². The van der Waals surface area contributed by atoms with E-state index in [1.165, 1.54) is 22.3 Å². The lowest BCUT2D eigenvalue weighted by Gasteiger charge is -2.37. The fourth-order valence-corrected chi connectivity index (χ4v) is 6.13. The molecular formula is C43H60N2O. The summed E-state index contributed by atoms with van der Waals surface area (Å²) < 4.78 is 0. The third-order valence-corrected chi connectivity index (χ3v) is 8.59. The summed E-state index contributed by atoms with van der Waals surface area (Å²) in [6.45, 7) is 21.0. The van der Waals surface area contributed by atoms with E-state index in [1.54, 1.807) is 0 Å². The van der Waals surface area contributed by atoms with Crippen LogP contribution in [0.15, 0.2) is 83.5 Å². The molecule has 3 heteroatoms. The Hall–Kier alpha value is -3.56. The molecule has 0 radical (unpaired) electrons. The Morgan fingerprint density at radius 1 is 0.935 bits per heavy atom. The molecule has 3 aromatic carbocycles. The number of hydrogen-bond donors (Lipinski definition) is 1. The number of nitrogens with one attached hydrogen (secondary N) is 1. The predicted molar refractivity (Wildman–Crippen MR) is 202 cm³/mol. The first-order chi connectivity index (χ1) is 22.2. The number of carbonyl (C=O) groups excluding carboxylic acids is 1. The summed E-state index contributed by atoms with van der Waals surface area (Å²) in [6.07, 6.45) is 11.4. The standard InChI is InChI=1S/C39H48N2O.2C2H6/c1-8-9-16-36(42)24-38-33-15-11-13-31(21-33)12-10-14-32-22-34(19-17-28(32)4)39(40-7,30(6)26-41-25-27(2)3)35-20-18-29(5)37(38)23-35;2*1-2/h11,13,15,17-27,40H,8-10,12,14,16H2,1-7H3;2*1-2H3/b30-26+,38-24-,41-25?;;. The van der Waals surface area contributed by atoms with Crippen molar-refractivity contribution in [1.82, 2.24) is 5.32 Å². The Kier molecular flexibility index (Phi) is 16.1. The number of allylic oxidation sites excluding steroid dienone is 1. The Bertz CT molecular complexity index is 1510. The first kappa shape index (κ1) is 38.6. The number of aryl methyl sites for hydroxylation is 4. The summed E-state index contributed by atoms with van der Waals surface area (Å²) in [6, 6.07) is 22.5. The number of benzene rings is 3. The molecule has 248 valence electrons. The van der Waals surface area contributed by atoms with Crippen LogP contribution in [-0.4, -0.2) is 19.0 Å². The fraction of sp³-hybridized carbons (Fsp3) is 0.442. The van der Waals surface area contributed by atoms with Crippen LogP contribution in [-0.2, 0) is 23.2 Å². The minimum atomic E-state index is -0.595. The number of carbonyl (C=O) groups is 1. The van der Waals surface area contributed by atoms with Gasteiger partial charge in [0, 0.05) is 18.8 Å². The highest BCUT2D eigenvalue weighted by Crippen LogP contribution is 2.40. The molecule has 0 fully saturated rings. The van der Waals surface area contributed by atoms with E-state index < -0.39 is 5.54 Å². The van der Waals surface area contributed by atoms with Crippen molar-refractivity contribution in [2.24, 2.45) is 10.9 Å². The van der Waals surface area contributed by atoms with Crippen molar-refractivity contribution in [3.8, 4) is 0 Å². The van der Waals surface area contributed by atoms with Crippen LogP contribution in [0, 0.1) is 19.8 Å². The molecule has 3 aromatic rings. The van der Waals surface area contributed by atoms with E-state index >= 15 is 0 Å². The number of ketones is 1. The number of rotatable bonds is 8. The van der Waals surface area contributed by atoms with Crippen molar-refractivity contribution < 1.29 is 4.79 Å². The molecule has 4 rings (SSSR count). The quantitative estimate of drug-likeness (QED) is 0.201. The van der Waals surface area contributed by atoms with Crippen LogP contribution >= 0.6 is 0 Å². The van der Waals surface area contributed by atoms with Crippen LogP contribution in [0.2, 0.25) is 0 Å². The van der Waals surface area contributed by atoms with E-state index in [4.69, 9.17) is 4.99 Å².